The highest BCUT2D eigenvalue weighted by Gasteiger charge is 2.25. The van der Waals surface area contributed by atoms with Gasteiger partial charge in [-0.3, -0.25) is 4.68 Å². The van der Waals surface area contributed by atoms with Crippen molar-refractivity contribution in [3.8, 4) is 0 Å². The second-order valence-electron chi connectivity index (χ2n) is 4.80. The molecular formula is C12H22N4. The quantitative estimate of drug-likeness (QED) is 0.840. The lowest BCUT2D eigenvalue weighted by Gasteiger charge is -2.31. The highest BCUT2D eigenvalue weighted by atomic mass is 15.4. The van der Waals surface area contributed by atoms with E-state index < -0.39 is 0 Å². The lowest BCUT2D eigenvalue weighted by atomic mass is 9.82. The van der Waals surface area contributed by atoms with Gasteiger partial charge in [0.2, 0.25) is 0 Å². The molecule has 0 aliphatic heterocycles. The van der Waals surface area contributed by atoms with Crippen LogP contribution in [-0.2, 0) is 13.5 Å². The van der Waals surface area contributed by atoms with Crippen LogP contribution in [0, 0.1) is 5.92 Å². The molecule has 0 saturated heterocycles. The van der Waals surface area contributed by atoms with E-state index in [1.165, 1.54) is 25.7 Å². The number of aromatic nitrogens is 3. The monoisotopic (exact) mass is 222 g/mol. The van der Waals surface area contributed by atoms with E-state index in [2.05, 4.69) is 22.6 Å². The minimum Gasteiger partial charge on any atom is -0.314 e. The zero-order valence-corrected chi connectivity index (χ0v) is 10.3. The number of nitrogens with one attached hydrogen (secondary N) is 1. The first-order valence-electron chi connectivity index (χ1n) is 6.38. The number of aryl methyl sites for hydroxylation is 1. The Morgan fingerprint density at radius 1 is 1.44 bits per heavy atom. The van der Waals surface area contributed by atoms with Crippen LogP contribution in [-0.4, -0.2) is 27.6 Å². The van der Waals surface area contributed by atoms with Gasteiger partial charge >= 0.3 is 0 Å². The van der Waals surface area contributed by atoms with Crippen LogP contribution in [0.4, 0.5) is 0 Å². The van der Waals surface area contributed by atoms with Crippen molar-refractivity contribution in [1.82, 2.24) is 20.3 Å². The first-order valence-corrected chi connectivity index (χ1v) is 6.38. The van der Waals surface area contributed by atoms with Crippen LogP contribution in [0.25, 0.3) is 0 Å². The Morgan fingerprint density at radius 3 is 2.94 bits per heavy atom. The maximum absolute atomic E-state index is 4.19. The molecule has 1 aromatic heterocycles. The smallest absolute Gasteiger partial charge is 0.0830 e. The molecule has 16 heavy (non-hydrogen) atoms. The zero-order chi connectivity index (χ0) is 11.4. The van der Waals surface area contributed by atoms with Crippen molar-refractivity contribution in [2.45, 2.75) is 45.1 Å². The first-order chi connectivity index (χ1) is 7.79. The molecular weight excluding hydrogens is 200 g/mol. The summed E-state index contributed by atoms with van der Waals surface area (Å²) in [5.74, 6) is 0.741. The number of hydrogen-bond acceptors (Lipinski definition) is 3. The molecule has 0 bridgehead atoms. The summed E-state index contributed by atoms with van der Waals surface area (Å²) in [6.07, 6.45) is 8.50. The van der Waals surface area contributed by atoms with Gasteiger partial charge in [-0.2, -0.15) is 0 Å². The van der Waals surface area contributed by atoms with Crippen molar-refractivity contribution in [1.29, 1.82) is 0 Å². The number of rotatable bonds is 4. The molecule has 0 amide bonds. The van der Waals surface area contributed by atoms with Crippen LogP contribution in [0.1, 0.15) is 38.3 Å². The standard InChI is InChI=1S/C12H22N4/c1-3-13-12-7-5-4-6-10(12)8-11-9-16(2)15-14-11/h9-10,12-13H,3-8H2,1-2H3. The Bertz CT molecular complexity index is 319. The van der Waals surface area contributed by atoms with Gasteiger partial charge in [0.25, 0.3) is 0 Å². The van der Waals surface area contributed by atoms with Crippen molar-refractivity contribution >= 4 is 0 Å². The molecule has 4 nitrogen and oxygen atoms in total. The minimum absolute atomic E-state index is 0.681. The van der Waals surface area contributed by atoms with E-state index in [-0.39, 0.29) is 0 Å². The van der Waals surface area contributed by atoms with E-state index in [4.69, 9.17) is 0 Å². The van der Waals surface area contributed by atoms with Gasteiger partial charge in [-0.1, -0.05) is 25.0 Å². The lowest BCUT2D eigenvalue weighted by Crippen LogP contribution is -2.39. The largest absolute Gasteiger partial charge is 0.314 e. The fourth-order valence-corrected chi connectivity index (χ4v) is 2.74. The molecule has 0 radical (unpaired) electrons. The average molecular weight is 222 g/mol. The van der Waals surface area contributed by atoms with Gasteiger partial charge in [-0.05, 0) is 31.7 Å². The van der Waals surface area contributed by atoms with E-state index in [1.54, 1.807) is 4.68 Å². The Kier molecular flexibility index (Phi) is 3.93. The summed E-state index contributed by atoms with van der Waals surface area (Å²) in [7, 11) is 1.93. The van der Waals surface area contributed by atoms with Crippen LogP contribution in [0.5, 0.6) is 0 Å². The van der Waals surface area contributed by atoms with Crippen LogP contribution < -0.4 is 5.32 Å². The summed E-state index contributed by atoms with van der Waals surface area (Å²) < 4.78 is 1.79. The van der Waals surface area contributed by atoms with Gasteiger partial charge in [-0.15, -0.1) is 5.10 Å². The zero-order valence-electron chi connectivity index (χ0n) is 10.3. The third-order valence-corrected chi connectivity index (χ3v) is 3.50. The van der Waals surface area contributed by atoms with Gasteiger partial charge in [0.15, 0.2) is 0 Å². The second-order valence-corrected chi connectivity index (χ2v) is 4.80. The van der Waals surface area contributed by atoms with Crippen molar-refractivity contribution in [3.05, 3.63) is 11.9 Å². The molecule has 1 N–H and O–H groups in total. The summed E-state index contributed by atoms with van der Waals surface area (Å²) >= 11 is 0. The fraction of sp³-hybridized carbons (Fsp3) is 0.833. The SMILES string of the molecule is CCNC1CCCCC1Cc1cn(C)nn1. The van der Waals surface area contributed by atoms with E-state index in [1.807, 2.05) is 13.2 Å². The van der Waals surface area contributed by atoms with E-state index in [0.717, 1.165) is 24.6 Å². The predicted molar refractivity (Wildman–Crippen MR) is 64.1 cm³/mol. The first kappa shape index (κ1) is 11.6. The molecule has 2 unspecified atom stereocenters. The summed E-state index contributed by atoms with van der Waals surface area (Å²) in [6.45, 7) is 3.26. The molecule has 2 atom stereocenters. The van der Waals surface area contributed by atoms with E-state index >= 15 is 0 Å². The lowest BCUT2D eigenvalue weighted by molar-refractivity contribution is 0.262. The van der Waals surface area contributed by atoms with Gasteiger partial charge in [-0.25, -0.2) is 0 Å². The summed E-state index contributed by atoms with van der Waals surface area (Å²) in [5, 5.41) is 11.8. The molecule has 1 aliphatic carbocycles. The van der Waals surface area contributed by atoms with Crippen molar-refractivity contribution in [3.63, 3.8) is 0 Å². The summed E-state index contributed by atoms with van der Waals surface area (Å²) in [6, 6.07) is 0.681. The van der Waals surface area contributed by atoms with Gasteiger partial charge in [0.05, 0.1) is 5.69 Å². The van der Waals surface area contributed by atoms with E-state index in [0.29, 0.717) is 6.04 Å². The molecule has 1 aromatic rings. The Balaban J connectivity index is 1.95. The van der Waals surface area contributed by atoms with Crippen LogP contribution >= 0.6 is 0 Å². The Morgan fingerprint density at radius 2 is 2.25 bits per heavy atom. The van der Waals surface area contributed by atoms with E-state index in [9.17, 15) is 0 Å². The van der Waals surface area contributed by atoms with Crippen LogP contribution in [0.15, 0.2) is 6.20 Å². The Labute approximate surface area is 97.4 Å². The molecule has 0 aromatic carbocycles. The molecule has 1 saturated carbocycles. The molecule has 1 aliphatic rings. The van der Waals surface area contributed by atoms with Crippen molar-refractivity contribution in [2.75, 3.05) is 6.54 Å². The molecule has 2 rings (SSSR count). The third kappa shape index (κ3) is 2.82. The Hall–Kier alpha value is -0.900. The molecule has 1 heterocycles. The molecule has 0 spiro atoms. The molecule has 90 valence electrons. The topological polar surface area (TPSA) is 42.7 Å². The normalized spacial score (nSPS) is 25.9. The van der Waals surface area contributed by atoms with Crippen molar-refractivity contribution in [2.24, 2.45) is 13.0 Å². The fourth-order valence-electron chi connectivity index (χ4n) is 2.74. The molecule has 4 heteroatoms. The van der Waals surface area contributed by atoms with Crippen molar-refractivity contribution < 1.29 is 0 Å². The van der Waals surface area contributed by atoms with Crippen LogP contribution in [0.3, 0.4) is 0 Å². The second kappa shape index (κ2) is 5.43. The maximum Gasteiger partial charge on any atom is 0.0830 e. The van der Waals surface area contributed by atoms with Crippen LogP contribution in [0.2, 0.25) is 0 Å². The molecule has 1 fully saturated rings. The average Bonchev–Trinajstić information content (AvgIpc) is 2.67. The van der Waals surface area contributed by atoms with Gasteiger partial charge in [0.1, 0.15) is 0 Å². The number of nitrogens with zero attached hydrogens (tertiary/aromatic N) is 3. The highest BCUT2D eigenvalue weighted by molar-refractivity contribution is 4.97. The highest BCUT2D eigenvalue weighted by Crippen LogP contribution is 2.26. The third-order valence-electron chi connectivity index (χ3n) is 3.50. The van der Waals surface area contributed by atoms with Gasteiger partial charge < -0.3 is 5.32 Å². The number of hydrogen-bond donors (Lipinski definition) is 1. The van der Waals surface area contributed by atoms with Gasteiger partial charge in [0, 0.05) is 19.3 Å². The minimum atomic E-state index is 0.681. The summed E-state index contributed by atoms with van der Waals surface area (Å²) in [4.78, 5) is 0. The summed E-state index contributed by atoms with van der Waals surface area (Å²) in [5.41, 5.74) is 1.14. The predicted octanol–water partition coefficient (Wildman–Crippen LogP) is 1.53. The maximum atomic E-state index is 4.19.